The van der Waals surface area contributed by atoms with E-state index in [-0.39, 0.29) is 5.82 Å². The summed E-state index contributed by atoms with van der Waals surface area (Å²) in [4.78, 5) is 8.51. The van der Waals surface area contributed by atoms with E-state index in [9.17, 15) is 13.2 Å². The van der Waals surface area contributed by atoms with Crippen LogP contribution in [0, 0.1) is 0 Å². The van der Waals surface area contributed by atoms with E-state index in [0.717, 1.165) is 0 Å². The van der Waals surface area contributed by atoms with Crippen LogP contribution in [0.2, 0.25) is 0 Å². The summed E-state index contributed by atoms with van der Waals surface area (Å²) in [6.07, 6.45) is -1.07. The molecule has 0 aliphatic carbocycles. The smallest absolute Gasteiger partial charge is 0.360 e. The standard InChI is InChI=1S/C14H11F3N4/c15-14(16,17)9-19-13-12(10-5-1-3-7-18-10)20-11-6-2-4-8-21(11)13/h1-8,19H,9H2. The highest BCUT2D eigenvalue weighted by Crippen LogP contribution is 2.28. The van der Waals surface area contributed by atoms with Crippen LogP contribution in [-0.2, 0) is 0 Å². The molecule has 1 N–H and O–H groups in total. The largest absolute Gasteiger partial charge is 0.405 e. The summed E-state index contributed by atoms with van der Waals surface area (Å²) < 4.78 is 39.0. The molecule has 0 spiro atoms. The van der Waals surface area contributed by atoms with Gasteiger partial charge in [-0.25, -0.2) is 4.98 Å². The molecule has 0 saturated carbocycles. The van der Waals surface area contributed by atoms with Gasteiger partial charge in [-0.1, -0.05) is 12.1 Å². The quantitative estimate of drug-likeness (QED) is 0.804. The number of fused-ring (bicyclic) bond motifs is 1. The van der Waals surface area contributed by atoms with E-state index >= 15 is 0 Å². The highest BCUT2D eigenvalue weighted by Gasteiger charge is 2.28. The summed E-state index contributed by atoms with van der Waals surface area (Å²) in [6, 6.07) is 10.4. The minimum absolute atomic E-state index is 0.279. The van der Waals surface area contributed by atoms with Gasteiger partial charge in [0.25, 0.3) is 0 Å². The lowest BCUT2D eigenvalue weighted by Crippen LogP contribution is -2.22. The molecular weight excluding hydrogens is 281 g/mol. The molecule has 0 aliphatic rings. The lowest BCUT2D eigenvalue weighted by molar-refractivity contribution is -0.115. The molecule has 4 nitrogen and oxygen atoms in total. The van der Waals surface area contributed by atoms with E-state index in [0.29, 0.717) is 17.0 Å². The molecule has 3 aromatic heterocycles. The van der Waals surface area contributed by atoms with Gasteiger partial charge < -0.3 is 5.32 Å². The molecule has 0 saturated heterocycles. The third-order valence-corrected chi connectivity index (χ3v) is 2.89. The van der Waals surface area contributed by atoms with E-state index in [4.69, 9.17) is 0 Å². The monoisotopic (exact) mass is 292 g/mol. The number of hydrogen-bond donors (Lipinski definition) is 1. The van der Waals surface area contributed by atoms with Crippen molar-refractivity contribution in [2.45, 2.75) is 6.18 Å². The van der Waals surface area contributed by atoms with Crippen LogP contribution in [-0.4, -0.2) is 27.1 Å². The molecule has 0 unspecified atom stereocenters. The molecular formula is C14H11F3N4. The van der Waals surface area contributed by atoms with Crippen LogP contribution in [0.3, 0.4) is 0 Å². The Morgan fingerprint density at radius 3 is 2.62 bits per heavy atom. The van der Waals surface area contributed by atoms with Crippen LogP contribution in [0.15, 0.2) is 48.8 Å². The first-order chi connectivity index (χ1) is 10.0. The molecule has 0 radical (unpaired) electrons. The summed E-state index contributed by atoms with van der Waals surface area (Å²) in [5.41, 5.74) is 1.47. The fourth-order valence-corrected chi connectivity index (χ4v) is 2.03. The number of nitrogens with one attached hydrogen (secondary N) is 1. The predicted molar refractivity (Wildman–Crippen MR) is 73.0 cm³/mol. The maximum Gasteiger partial charge on any atom is 0.405 e. The summed E-state index contributed by atoms with van der Waals surface area (Å²) in [5, 5.41) is 2.41. The van der Waals surface area contributed by atoms with Crippen LogP contribution in [0.25, 0.3) is 17.0 Å². The molecule has 3 rings (SSSR count). The van der Waals surface area contributed by atoms with E-state index in [1.165, 1.54) is 0 Å². The second-order valence-electron chi connectivity index (χ2n) is 4.42. The van der Waals surface area contributed by atoms with Crippen molar-refractivity contribution < 1.29 is 13.2 Å². The summed E-state index contributed by atoms with van der Waals surface area (Å²) >= 11 is 0. The van der Waals surface area contributed by atoms with Gasteiger partial charge in [-0.2, -0.15) is 13.2 Å². The van der Waals surface area contributed by atoms with Gasteiger partial charge in [0.15, 0.2) is 0 Å². The van der Waals surface area contributed by atoms with Gasteiger partial charge in [0.05, 0.1) is 5.69 Å². The molecule has 0 atom stereocenters. The van der Waals surface area contributed by atoms with Crippen molar-refractivity contribution in [3.05, 3.63) is 48.8 Å². The van der Waals surface area contributed by atoms with E-state index < -0.39 is 12.7 Å². The summed E-state index contributed by atoms with van der Waals surface area (Å²) in [6.45, 7) is -1.13. The number of halogens is 3. The summed E-state index contributed by atoms with van der Waals surface area (Å²) in [7, 11) is 0. The van der Waals surface area contributed by atoms with E-state index in [1.807, 2.05) is 0 Å². The Morgan fingerprint density at radius 1 is 1.10 bits per heavy atom. The van der Waals surface area contributed by atoms with Crippen LogP contribution in [0.1, 0.15) is 0 Å². The molecule has 3 heterocycles. The van der Waals surface area contributed by atoms with Crippen molar-refractivity contribution in [3.8, 4) is 11.4 Å². The number of anilines is 1. The first-order valence-electron chi connectivity index (χ1n) is 6.24. The highest BCUT2D eigenvalue weighted by atomic mass is 19.4. The Labute approximate surface area is 118 Å². The van der Waals surface area contributed by atoms with Gasteiger partial charge in [-0.3, -0.25) is 9.38 Å². The number of hydrogen-bond acceptors (Lipinski definition) is 3. The number of aromatic nitrogens is 3. The number of pyridine rings is 2. The third kappa shape index (κ3) is 2.81. The number of imidazole rings is 1. The zero-order valence-corrected chi connectivity index (χ0v) is 10.8. The van der Waals surface area contributed by atoms with Crippen LogP contribution >= 0.6 is 0 Å². The van der Waals surface area contributed by atoms with Gasteiger partial charge in [0.1, 0.15) is 23.7 Å². The molecule has 21 heavy (non-hydrogen) atoms. The summed E-state index contributed by atoms with van der Waals surface area (Å²) in [5.74, 6) is 0.279. The average molecular weight is 292 g/mol. The molecule has 3 aromatic rings. The SMILES string of the molecule is FC(F)(F)CNc1c(-c2ccccn2)nc2ccccn12. The van der Waals surface area contributed by atoms with Gasteiger partial charge in [0.2, 0.25) is 0 Å². The molecule has 0 aliphatic heterocycles. The van der Waals surface area contributed by atoms with E-state index in [1.54, 1.807) is 53.2 Å². The first-order valence-corrected chi connectivity index (χ1v) is 6.24. The lowest BCUT2D eigenvalue weighted by atomic mass is 10.2. The normalized spacial score (nSPS) is 11.8. The zero-order chi connectivity index (χ0) is 14.9. The Balaban J connectivity index is 2.10. The highest BCUT2D eigenvalue weighted by molar-refractivity contribution is 5.74. The van der Waals surface area contributed by atoms with Crippen LogP contribution in [0.5, 0.6) is 0 Å². The second-order valence-corrected chi connectivity index (χ2v) is 4.42. The van der Waals surface area contributed by atoms with Crippen molar-refractivity contribution >= 4 is 11.5 Å². The second kappa shape index (κ2) is 5.08. The molecule has 0 bridgehead atoms. The van der Waals surface area contributed by atoms with Crippen molar-refractivity contribution in [2.75, 3.05) is 11.9 Å². The fraction of sp³-hybridized carbons (Fsp3) is 0.143. The fourth-order valence-electron chi connectivity index (χ4n) is 2.03. The van der Waals surface area contributed by atoms with Gasteiger partial charge in [0, 0.05) is 12.4 Å². The zero-order valence-electron chi connectivity index (χ0n) is 10.8. The predicted octanol–water partition coefficient (Wildman–Crippen LogP) is 3.37. The Bertz CT molecular complexity index is 750. The molecule has 0 amide bonds. The maximum absolute atomic E-state index is 12.5. The van der Waals surface area contributed by atoms with Crippen molar-refractivity contribution in [1.29, 1.82) is 0 Å². The number of nitrogens with zero attached hydrogens (tertiary/aromatic N) is 3. The van der Waals surface area contributed by atoms with Gasteiger partial charge >= 0.3 is 6.18 Å². The average Bonchev–Trinajstić information content (AvgIpc) is 2.84. The Kier molecular flexibility index (Phi) is 3.25. The van der Waals surface area contributed by atoms with Crippen LogP contribution < -0.4 is 5.32 Å². The Hall–Kier alpha value is -2.57. The first kappa shape index (κ1) is 13.4. The lowest BCUT2D eigenvalue weighted by Gasteiger charge is -2.10. The molecule has 0 fully saturated rings. The third-order valence-electron chi connectivity index (χ3n) is 2.89. The van der Waals surface area contributed by atoms with Gasteiger partial charge in [-0.15, -0.1) is 0 Å². The number of alkyl halides is 3. The van der Waals surface area contributed by atoms with Gasteiger partial charge in [-0.05, 0) is 24.3 Å². The number of rotatable bonds is 3. The minimum atomic E-state index is -4.31. The van der Waals surface area contributed by atoms with Crippen LogP contribution in [0.4, 0.5) is 19.0 Å². The molecule has 108 valence electrons. The Morgan fingerprint density at radius 2 is 1.90 bits per heavy atom. The topological polar surface area (TPSA) is 42.2 Å². The maximum atomic E-state index is 12.5. The minimum Gasteiger partial charge on any atom is -0.360 e. The van der Waals surface area contributed by atoms with Crippen molar-refractivity contribution in [3.63, 3.8) is 0 Å². The van der Waals surface area contributed by atoms with Crippen molar-refractivity contribution in [2.24, 2.45) is 0 Å². The molecule has 7 heteroatoms. The van der Waals surface area contributed by atoms with Crippen molar-refractivity contribution in [1.82, 2.24) is 14.4 Å². The molecule has 0 aromatic carbocycles. The van der Waals surface area contributed by atoms with E-state index in [2.05, 4.69) is 15.3 Å².